The van der Waals surface area contributed by atoms with Crippen molar-refractivity contribution in [2.45, 2.75) is 44.9 Å². The first-order valence-electron chi connectivity index (χ1n) is 7.31. The monoisotopic (exact) mass is 255 g/mol. The smallest absolute Gasteiger partial charge is 0.157 e. The van der Waals surface area contributed by atoms with Crippen LogP contribution in [-0.2, 0) is 4.79 Å². The van der Waals surface area contributed by atoms with E-state index in [-0.39, 0.29) is 5.41 Å². The summed E-state index contributed by atoms with van der Waals surface area (Å²) in [5.41, 5.74) is 2.43. The highest BCUT2D eigenvalue weighted by molar-refractivity contribution is 5.92. The molecule has 2 nitrogen and oxygen atoms in total. The first-order valence-corrected chi connectivity index (χ1v) is 7.31. The fourth-order valence-corrected chi connectivity index (χ4v) is 3.57. The number of ketones is 1. The average molecular weight is 255 g/mol. The molecule has 0 saturated heterocycles. The van der Waals surface area contributed by atoms with E-state index in [1.165, 1.54) is 32.1 Å². The van der Waals surface area contributed by atoms with Gasteiger partial charge in [-0.2, -0.15) is 0 Å². The largest absolute Gasteiger partial charge is 0.359 e. The summed E-state index contributed by atoms with van der Waals surface area (Å²) in [5.74, 6) is 0.298. The van der Waals surface area contributed by atoms with Crippen molar-refractivity contribution in [1.29, 1.82) is 0 Å². The van der Waals surface area contributed by atoms with Crippen molar-refractivity contribution in [3.05, 3.63) is 42.1 Å². The zero-order valence-electron chi connectivity index (χ0n) is 11.3. The Kier molecular flexibility index (Phi) is 3.41. The molecule has 0 bridgehead atoms. The third-order valence-electron chi connectivity index (χ3n) is 4.44. The minimum absolute atomic E-state index is 0.251. The summed E-state index contributed by atoms with van der Waals surface area (Å²) in [6.07, 6.45) is 9.94. The van der Waals surface area contributed by atoms with Gasteiger partial charge in [0.15, 0.2) is 5.78 Å². The van der Waals surface area contributed by atoms with Gasteiger partial charge in [-0.1, -0.05) is 37.5 Å². The van der Waals surface area contributed by atoms with Gasteiger partial charge in [-0.3, -0.25) is 4.79 Å². The second-order valence-electron chi connectivity index (χ2n) is 6.04. The molecule has 1 fully saturated rings. The van der Waals surface area contributed by atoms with Crippen molar-refractivity contribution in [2.75, 3.05) is 5.32 Å². The molecule has 1 saturated carbocycles. The Labute approximate surface area is 114 Å². The van der Waals surface area contributed by atoms with E-state index < -0.39 is 0 Å². The zero-order valence-corrected chi connectivity index (χ0v) is 11.3. The van der Waals surface area contributed by atoms with Crippen LogP contribution in [-0.4, -0.2) is 5.78 Å². The Hall–Kier alpha value is -1.57. The summed E-state index contributed by atoms with van der Waals surface area (Å²) in [4.78, 5) is 12.0. The van der Waals surface area contributed by atoms with Gasteiger partial charge in [-0.25, -0.2) is 0 Å². The molecule has 0 unspecified atom stereocenters. The fraction of sp³-hybridized carbons (Fsp3) is 0.471. The van der Waals surface area contributed by atoms with Gasteiger partial charge < -0.3 is 5.32 Å². The minimum atomic E-state index is 0.251. The first kappa shape index (κ1) is 12.5. The van der Waals surface area contributed by atoms with Crippen LogP contribution in [0.25, 0.3) is 0 Å². The Balaban J connectivity index is 1.76. The maximum Gasteiger partial charge on any atom is 0.157 e. The van der Waals surface area contributed by atoms with Crippen LogP contribution in [0, 0.1) is 5.41 Å². The van der Waals surface area contributed by atoms with E-state index in [4.69, 9.17) is 0 Å². The molecule has 100 valence electrons. The molecule has 1 spiro atoms. The molecule has 1 N–H and O–H groups in total. The van der Waals surface area contributed by atoms with E-state index in [2.05, 4.69) is 5.32 Å². The molecule has 0 aromatic heterocycles. The number of benzene rings is 1. The van der Waals surface area contributed by atoms with Crippen molar-refractivity contribution in [3.8, 4) is 0 Å². The maximum absolute atomic E-state index is 12.0. The van der Waals surface area contributed by atoms with Crippen LogP contribution in [0.15, 0.2) is 42.1 Å². The lowest BCUT2D eigenvalue weighted by Crippen LogP contribution is -2.32. The van der Waals surface area contributed by atoms with Gasteiger partial charge in [-0.05, 0) is 36.8 Å². The third-order valence-corrected chi connectivity index (χ3v) is 4.44. The van der Waals surface area contributed by atoms with E-state index in [0.717, 1.165) is 24.2 Å². The van der Waals surface area contributed by atoms with Gasteiger partial charge in [0.1, 0.15) is 0 Å². The Morgan fingerprint density at radius 1 is 0.947 bits per heavy atom. The molecule has 2 heteroatoms. The molecule has 3 rings (SSSR count). The average Bonchev–Trinajstić information content (AvgIpc) is 2.39. The quantitative estimate of drug-likeness (QED) is 0.853. The van der Waals surface area contributed by atoms with Gasteiger partial charge in [-0.15, -0.1) is 0 Å². The van der Waals surface area contributed by atoms with Gasteiger partial charge in [0, 0.05) is 23.9 Å². The molecule has 0 amide bonds. The standard InChI is InChI=1S/C17H21NO/c19-16-11-15(18-14-7-3-1-4-8-14)12-17(13-16)9-5-2-6-10-17/h1,3-4,7-8,11,18H,2,5-6,9-10,12-13H2. The summed E-state index contributed by atoms with van der Waals surface area (Å²) >= 11 is 0. The van der Waals surface area contributed by atoms with Crippen LogP contribution < -0.4 is 5.32 Å². The normalized spacial score (nSPS) is 22.1. The van der Waals surface area contributed by atoms with E-state index in [1.54, 1.807) is 0 Å². The summed E-state index contributed by atoms with van der Waals surface area (Å²) in [6.45, 7) is 0. The minimum Gasteiger partial charge on any atom is -0.359 e. The van der Waals surface area contributed by atoms with E-state index in [1.807, 2.05) is 36.4 Å². The number of nitrogens with one attached hydrogen (secondary N) is 1. The molecule has 0 heterocycles. The SMILES string of the molecule is O=C1C=C(Nc2ccccc2)CC2(CCCCC2)C1. The van der Waals surface area contributed by atoms with Crippen molar-refractivity contribution in [1.82, 2.24) is 0 Å². The molecular weight excluding hydrogens is 234 g/mol. The zero-order chi connectivity index (χ0) is 13.1. The Bertz CT molecular complexity index is 483. The van der Waals surface area contributed by atoms with Crippen LogP contribution in [0.3, 0.4) is 0 Å². The van der Waals surface area contributed by atoms with Crippen molar-refractivity contribution < 1.29 is 4.79 Å². The van der Waals surface area contributed by atoms with E-state index in [9.17, 15) is 4.79 Å². The molecule has 0 radical (unpaired) electrons. The number of hydrogen-bond acceptors (Lipinski definition) is 2. The highest BCUT2D eigenvalue weighted by Gasteiger charge is 2.37. The number of allylic oxidation sites excluding steroid dienone is 2. The maximum atomic E-state index is 12.0. The number of anilines is 1. The van der Waals surface area contributed by atoms with E-state index >= 15 is 0 Å². The van der Waals surface area contributed by atoms with Crippen LogP contribution in [0.5, 0.6) is 0 Å². The van der Waals surface area contributed by atoms with Gasteiger partial charge in [0.25, 0.3) is 0 Å². The molecule has 1 aromatic carbocycles. The van der Waals surface area contributed by atoms with Crippen molar-refractivity contribution >= 4 is 11.5 Å². The summed E-state index contributed by atoms with van der Waals surface area (Å²) in [5, 5.41) is 3.42. The fourth-order valence-electron chi connectivity index (χ4n) is 3.57. The Morgan fingerprint density at radius 2 is 1.68 bits per heavy atom. The Morgan fingerprint density at radius 3 is 2.42 bits per heavy atom. The molecular formula is C17H21NO. The first-order chi connectivity index (χ1) is 9.26. The molecule has 19 heavy (non-hydrogen) atoms. The second-order valence-corrected chi connectivity index (χ2v) is 6.04. The summed E-state index contributed by atoms with van der Waals surface area (Å²) in [6, 6.07) is 10.1. The third kappa shape index (κ3) is 2.89. The van der Waals surface area contributed by atoms with Crippen molar-refractivity contribution in [3.63, 3.8) is 0 Å². The van der Waals surface area contributed by atoms with Crippen LogP contribution in [0.1, 0.15) is 44.9 Å². The highest BCUT2D eigenvalue weighted by Crippen LogP contribution is 2.46. The van der Waals surface area contributed by atoms with Crippen LogP contribution in [0.2, 0.25) is 0 Å². The summed E-state index contributed by atoms with van der Waals surface area (Å²) < 4.78 is 0. The predicted octanol–water partition coefficient (Wildman–Crippen LogP) is 4.30. The number of rotatable bonds is 2. The number of hydrogen-bond donors (Lipinski definition) is 1. The van der Waals surface area contributed by atoms with Gasteiger partial charge >= 0.3 is 0 Å². The number of para-hydroxylation sites is 1. The predicted molar refractivity (Wildman–Crippen MR) is 77.9 cm³/mol. The lowest BCUT2D eigenvalue weighted by molar-refractivity contribution is -0.118. The van der Waals surface area contributed by atoms with Gasteiger partial charge in [0.05, 0.1) is 0 Å². The topological polar surface area (TPSA) is 29.1 Å². The van der Waals surface area contributed by atoms with Crippen LogP contribution in [0.4, 0.5) is 5.69 Å². The van der Waals surface area contributed by atoms with E-state index in [0.29, 0.717) is 5.78 Å². The number of carbonyl (C=O) groups is 1. The van der Waals surface area contributed by atoms with Crippen molar-refractivity contribution in [2.24, 2.45) is 5.41 Å². The second kappa shape index (κ2) is 5.20. The lowest BCUT2D eigenvalue weighted by Gasteiger charge is -2.39. The number of carbonyl (C=O) groups excluding carboxylic acids is 1. The van der Waals surface area contributed by atoms with Gasteiger partial charge in [0.2, 0.25) is 0 Å². The lowest BCUT2D eigenvalue weighted by atomic mass is 9.66. The molecule has 2 aliphatic rings. The molecule has 0 aliphatic heterocycles. The molecule has 2 aliphatic carbocycles. The summed E-state index contributed by atoms with van der Waals surface area (Å²) in [7, 11) is 0. The molecule has 1 aromatic rings. The van der Waals surface area contributed by atoms with Crippen LogP contribution >= 0.6 is 0 Å². The molecule has 0 atom stereocenters. The highest BCUT2D eigenvalue weighted by atomic mass is 16.1.